The summed E-state index contributed by atoms with van der Waals surface area (Å²) in [7, 11) is 1.28. The average molecular weight is 481 g/mol. The van der Waals surface area contributed by atoms with Gasteiger partial charge in [-0.05, 0) is 35.7 Å². The van der Waals surface area contributed by atoms with Crippen LogP contribution in [0.4, 0.5) is 15.3 Å². The van der Waals surface area contributed by atoms with Gasteiger partial charge in [-0.1, -0.05) is 22.5 Å². The fourth-order valence-corrected chi connectivity index (χ4v) is 4.62. The Bertz CT molecular complexity index is 1200. The Morgan fingerprint density at radius 3 is 2.89 bits per heavy atom. The lowest BCUT2D eigenvalue weighted by Crippen LogP contribution is -2.40. The molecule has 0 aliphatic carbocycles. The van der Waals surface area contributed by atoms with Crippen LogP contribution in [0, 0.1) is 4.91 Å². The van der Waals surface area contributed by atoms with Gasteiger partial charge in [-0.25, -0.2) is 9.59 Å². The number of nitrogens with zero attached hydrogens (tertiary/aromatic N) is 4. The number of aliphatic hydroxyl groups is 1. The smallest absolute Gasteiger partial charge is 0.415 e. The number of benzene rings is 1. The van der Waals surface area contributed by atoms with Crippen molar-refractivity contribution in [2.24, 2.45) is 10.3 Å². The molecule has 0 saturated carbocycles. The van der Waals surface area contributed by atoms with Crippen LogP contribution < -0.4 is 10.2 Å². The third-order valence-electron chi connectivity index (χ3n) is 6.48. The quantitative estimate of drug-likeness (QED) is 0.570. The van der Waals surface area contributed by atoms with Crippen LogP contribution in [-0.2, 0) is 20.7 Å². The van der Waals surface area contributed by atoms with Crippen LogP contribution in [0.25, 0.3) is 11.1 Å². The van der Waals surface area contributed by atoms with E-state index < -0.39 is 23.9 Å². The summed E-state index contributed by atoms with van der Waals surface area (Å²) in [5.41, 5.74) is 3.58. The minimum absolute atomic E-state index is 0.167. The molecule has 3 aliphatic heterocycles. The van der Waals surface area contributed by atoms with E-state index in [2.05, 4.69) is 25.4 Å². The van der Waals surface area contributed by atoms with Crippen molar-refractivity contribution in [1.82, 2.24) is 10.3 Å². The molecule has 0 radical (unpaired) electrons. The molecule has 3 atom stereocenters. The van der Waals surface area contributed by atoms with Crippen molar-refractivity contribution >= 4 is 23.6 Å². The molecule has 35 heavy (non-hydrogen) atoms. The maximum absolute atomic E-state index is 12.5. The predicted molar refractivity (Wildman–Crippen MR) is 123 cm³/mol. The van der Waals surface area contributed by atoms with E-state index >= 15 is 0 Å². The standard InChI is InChI=1S/C23H23N5O7/c1-33-21(30)25-10-20-19-7-15-6-13(3-5-18(15)28(19)22(31)34-20)14-2-4-16(24-9-14)17-8-23(12-29,11-26-32)35-27-17/h2-6,9,19-20,29H,7-8,10-12H2,1H3,(H,25,30)/t19-,20?,23?/m0/s1. The van der Waals surface area contributed by atoms with Gasteiger partial charge in [0.25, 0.3) is 0 Å². The van der Waals surface area contributed by atoms with Crippen LogP contribution in [-0.4, -0.2) is 72.5 Å². The summed E-state index contributed by atoms with van der Waals surface area (Å²) < 4.78 is 10.0. The van der Waals surface area contributed by atoms with Crippen molar-refractivity contribution in [3.8, 4) is 11.1 Å². The van der Waals surface area contributed by atoms with Crippen molar-refractivity contribution in [3.63, 3.8) is 0 Å². The number of anilines is 1. The zero-order valence-corrected chi connectivity index (χ0v) is 18.8. The molecule has 1 saturated heterocycles. The van der Waals surface area contributed by atoms with Crippen molar-refractivity contribution in [2.45, 2.75) is 30.6 Å². The van der Waals surface area contributed by atoms with Gasteiger partial charge in [-0.2, -0.15) is 4.91 Å². The maximum atomic E-state index is 12.5. The highest BCUT2D eigenvalue weighted by molar-refractivity contribution is 6.00. The fraction of sp³-hybridized carbons (Fsp3) is 0.391. The Balaban J connectivity index is 1.31. The zero-order valence-electron chi connectivity index (χ0n) is 18.8. The van der Waals surface area contributed by atoms with Crippen molar-refractivity contribution in [3.05, 3.63) is 52.7 Å². The van der Waals surface area contributed by atoms with Crippen LogP contribution in [0.1, 0.15) is 17.7 Å². The summed E-state index contributed by atoms with van der Waals surface area (Å²) >= 11 is 0. The number of rotatable bonds is 7. The highest BCUT2D eigenvalue weighted by atomic mass is 16.7. The number of pyridine rings is 1. The molecule has 1 fully saturated rings. The lowest BCUT2D eigenvalue weighted by molar-refractivity contribution is -0.0496. The Morgan fingerprint density at radius 2 is 2.17 bits per heavy atom. The van der Waals surface area contributed by atoms with Crippen molar-refractivity contribution in [1.29, 1.82) is 0 Å². The number of nitroso groups, excluding NO2 is 1. The molecule has 0 spiro atoms. The number of carbonyl (C=O) groups excluding carboxylic acids is 2. The van der Waals surface area contributed by atoms with Gasteiger partial charge in [0.15, 0.2) is 5.60 Å². The summed E-state index contributed by atoms with van der Waals surface area (Å²) in [4.78, 5) is 45.9. The molecule has 3 aliphatic rings. The van der Waals surface area contributed by atoms with E-state index in [1.807, 2.05) is 24.3 Å². The molecule has 1 aromatic heterocycles. The van der Waals surface area contributed by atoms with E-state index in [1.165, 1.54) is 7.11 Å². The van der Waals surface area contributed by atoms with Crippen LogP contribution in [0.5, 0.6) is 0 Å². The molecule has 1 aromatic carbocycles. The number of hydrogen-bond acceptors (Lipinski definition) is 10. The number of ether oxygens (including phenoxy) is 2. The number of fused-ring (bicyclic) bond motifs is 3. The van der Waals surface area contributed by atoms with Crippen molar-refractivity contribution < 1.29 is 29.0 Å². The monoisotopic (exact) mass is 481 g/mol. The lowest BCUT2D eigenvalue weighted by Gasteiger charge is -2.19. The third kappa shape index (κ3) is 4.05. The van der Waals surface area contributed by atoms with Crippen LogP contribution in [0.2, 0.25) is 0 Å². The third-order valence-corrected chi connectivity index (χ3v) is 6.48. The maximum Gasteiger partial charge on any atom is 0.415 e. The summed E-state index contributed by atoms with van der Waals surface area (Å²) in [6.07, 6.45) is 1.05. The first-order valence-electron chi connectivity index (χ1n) is 11.0. The molecule has 2 aromatic rings. The molecule has 2 unspecified atom stereocenters. The van der Waals surface area contributed by atoms with Gasteiger partial charge in [0.2, 0.25) is 0 Å². The number of nitrogens with one attached hydrogen (secondary N) is 1. The Hall–Kier alpha value is -4.06. The molecule has 2 N–H and O–H groups in total. The topological polar surface area (TPSA) is 152 Å². The summed E-state index contributed by atoms with van der Waals surface area (Å²) in [6.45, 7) is -0.404. The SMILES string of the molecule is COC(=O)NCC1OC(=O)N2c3ccc(-c4ccc(C5=NOC(CO)(CN=O)C5)nc4)cc3C[C@@H]12. The van der Waals surface area contributed by atoms with Gasteiger partial charge in [-0.3, -0.25) is 9.88 Å². The fourth-order valence-electron chi connectivity index (χ4n) is 4.62. The Labute approximate surface area is 199 Å². The van der Waals surface area contributed by atoms with Gasteiger partial charge in [-0.15, -0.1) is 0 Å². The van der Waals surface area contributed by atoms with Gasteiger partial charge in [0, 0.05) is 18.2 Å². The first kappa shape index (κ1) is 22.7. The highest BCUT2D eigenvalue weighted by Gasteiger charge is 2.47. The number of methoxy groups -OCH3 is 1. The first-order chi connectivity index (χ1) is 17.0. The molecular weight excluding hydrogens is 458 g/mol. The van der Waals surface area contributed by atoms with E-state index in [0.29, 0.717) is 17.8 Å². The molecule has 2 amide bonds. The number of alkyl carbamates (subject to hydrolysis) is 1. The van der Waals surface area contributed by atoms with Crippen LogP contribution in [0.3, 0.4) is 0 Å². The lowest BCUT2D eigenvalue weighted by atomic mass is 9.96. The molecule has 182 valence electrons. The van der Waals surface area contributed by atoms with Gasteiger partial charge in [0.05, 0.1) is 37.7 Å². The van der Waals surface area contributed by atoms with Gasteiger partial charge < -0.3 is 24.7 Å². The van der Waals surface area contributed by atoms with E-state index in [-0.39, 0.29) is 32.2 Å². The zero-order chi connectivity index (χ0) is 24.6. The van der Waals surface area contributed by atoms with E-state index in [4.69, 9.17) is 9.57 Å². The normalized spacial score (nSPS) is 24.2. The average Bonchev–Trinajstić information content (AvgIpc) is 3.56. The van der Waals surface area contributed by atoms with E-state index in [0.717, 1.165) is 22.4 Å². The predicted octanol–water partition coefficient (Wildman–Crippen LogP) is 1.98. The minimum Gasteiger partial charge on any atom is -0.453 e. The second kappa shape index (κ2) is 8.95. The van der Waals surface area contributed by atoms with Crippen LogP contribution >= 0.6 is 0 Å². The first-order valence-corrected chi connectivity index (χ1v) is 11.0. The Kier molecular flexibility index (Phi) is 5.81. The van der Waals surface area contributed by atoms with E-state index in [1.54, 1.807) is 17.2 Å². The molecular formula is C23H23N5O7. The van der Waals surface area contributed by atoms with E-state index in [9.17, 15) is 19.6 Å². The number of amides is 2. The van der Waals surface area contributed by atoms with Crippen LogP contribution in [0.15, 0.2) is 46.9 Å². The molecule has 0 bridgehead atoms. The van der Waals surface area contributed by atoms with Gasteiger partial charge >= 0.3 is 12.2 Å². The number of aliphatic hydroxyl groups excluding tert-OH is 1. The Morgan fingerprint density at radius 1 is 1.34 bits per heavy atom. The number of oxime groups is 1. The molecule has 5 rings (SSSR count). The number of cyclic esters (lactones) is 1. The number of carbonyl (C=O) groups is 2. The number of aromatic nitrogens is 1. The van der Waals surface area contributed by atoms with Crippen molar-refractivity contribution in [2.75, 3.05) is 31.7 Å². The molecule has 4 heterocycles. The second-order valence-corrected chi connectivity index (χ2v) is 8.65. The second-order valence-electron chi connectivity index (χ2n) is 8.65. The summed E-state index contributed by atoms with van der Waals surface area (Å²) in [6, 6.07) is 9.30. The minimum atomic E-state index is -1.13. The molecule has 12 nitrogen and oxygen atoms in total. The highest BCUT2D eigenvalue weighted by Crippen LogP contribution is 2.40. The number of hydrogen-bond donors (Lipinski definition) is 2. The summed E-state index contributed by atoms with van der Waals surface area (Å²) in [5.74, 6) is 0. The largest absolute Gasteiger partial charge is 0.453 e. The van der Waals surface area contributed by atoms with Gasteiger partial charge in [0.1, 0.15) is 18.4 Å². The molecule has 12 heteroatoms. The summed E-state index contributed by atoms with van der Waals surface area (Å²) in [5, 5.41) is 19.0.